The van der Waals surface area contributed by atoms with Crippen LogP contribution in [0.1, 0.15) is 18.2 Å². The topological polar surface area (TPSA) is 48.4 Å². The molecule has 0 bridgehead atoms. The van der Waals surface area contributed by atoms with Crippen LogP contribution in [-0.4, -0.2) is 24.7 Å². The van der Waals surface area contributed by atoms with Crippen LogP contribution in [0.2, 0.25) is 0 Å². The van der Waals surface area contributed by atoms with Gasteiger partial charge >= 0.3 is 5.97 Å². The Labute approximate surface area is 134 Å². The highest BCUT2D eigenvalue weighted by atomic mass is 32.2. The molecular weight excluding hydrogens is 298 g/mol. The lowest BCUT2D eigenvalue weighted by Gasteiger charge is -2.05. The summed E-state index contributed by atoms with van der Waals surface area (Å²) in [6, 6.07) is 13.7. The zero-order valence-electron chi connectivity index (χ0n) is 12.7. The number of benzene rings is 1. The van der Waals surface area contributed by atoms with Gasteiger partial charge in [-0.05, 0) is 36.8 Å². The van der Waals surface area contributed by atoms with Crippen LogP contribution < -0.4 is 4.74 Å². The van der Waals surface area contributed by atoms with Gasteiger partial charge in [-0.1, -0.05) is 18.2 Å². The van der Waals surface area contributed by atoms with Gasteiger partial charge in [0.1, 0.15) is 5.75 Å². The lowest BCUT2D eigenvalue weighted by atomic mass is 10.2. The van der Waals surface area contributed by atoms with E-state index in [0.717, 1.165) is 22.2 Å². The quantitative estimate of drug-likeness (QED) is 0.578. The third-order valence-electron chi connectivity index (χ3n) is 2.96. The summed E-state index contributed by atoms with van der Waals surface area (Å²) in [4.78, 5) is 16.0. The number of nitrogens with zero attached hydrogens (tertiary/aromatic N) is 1. The standard InChI is InChI=1S/C17H19NO3S/c1-3-21-17(19)11-14-5-4-6-16(18-14)22-12-13-7-9-15(20-2)10-8-13/h4-10H,3,11-12H2,1-2H3. The second-order valence-corrected chi connectivity index (χ2v) is 5.58. The number of carbonyl (C=O) groups excluding carboxylic acids is 1. The summed E-state index contributed by atoms with van der Waals surface area (Å²) in [5, 5.41) is 0.901. The minimum atomic E-state index is -0.243. The van der Waals surface area contributed by atoms with Gasteiger partial charge in [0, 0.05) is 5.75 Å². The van der Waals surface area contributed by atoms with Crippen LogP contribution in [0.25, 0.3) is 0 Å². The van der Waals surface area contributed by atoms with E-state index >= 15 is 0 Å². The molecule has 0 N–H and O–H groups in total. The molecular formula is C17H19NO3S. The van der Waals surface area contributed by atoms with Crippen molar-refractivity contribution in [3.05, 3.63) is 53.7 Å². The summed E-state index contributed by atoms with van der Waals surface area (Å²) in [6.45, 7) is 2.19. The van der Waals surface area contributed by atoms with Crippen LogP contribution in [0, 0.1) is 0 Å². The van der Waals surface area contributed by atoms with Crippen molar-refractivity contribution in [2.75, 3.05) is 13.7 Å². The van der Waals surface area contributed by atoms with Gasteiger partial charge < -0.3 is 9.47 Å². The SMILES string of the molecule is CCOC(=O)Cc1cccc(SCc2ccc(OC)cc2)n1. The molecule has 0 radical (unpaired) electrons. The first-order chi connectivity index (χ1) is 10.7. The molecule has 0 amide bonds. The van der Waals surface area contributed by atoms with Gasteiger partial charge in [0.15, 0.2) is 0 Å². The molecule has 1 aromatic carbocycles. The predicted octanol–water partition coefficient (Wildman–Crippen LogP) is 3.49. The Morgan fingerprint density at radius 1 is 1.18 bits per heavy atom. The minimum absolute atomic E-state index is 0.213. The molecule has 1 heterocycles. The molecule has 0 aliphatic carbocycles. The van der Waals surface area contributed by atoms with Crippen LogP contribution >= 0.6 is 11.8 Å². The van der Waals surface area contributed by atoms with E-state index < -0.39 is 0 Å². The minimum Gasteiger partial charge on any atom is -0.497 e. The molecule has 0 unspecified atom stereocenters. The Morgan fingerprint density at radius 3 is 2.64 bits per heavy atom. The van der Waals surface area contributed by atoms with Gasteiger partial charge in [-0.25, -0.2) is 4.98 Å². The van der Waals surface area contributed by atoms with Gasteiger partial charge in [0.05, 0.1) is 30.9 Å². The Morgan fingerprint density at radius 2 is 1.95 bits per heavy atom. The maximum atomic E-state index is 11.5. The van der Waals surface area contributed by atoms with Crippen molar-refractivity contribution in [1.29, 1.82) is 0 Å². The monoisotopic (exact) mass is 317 g/mol. The van der Waals surface area contributed by atoms with Crippen molar-refractivity contribution in [3.63, 3.8) is 0 Å². The number of hydrogen-bond acceptors (Lipinski definition) is 5. The molecule has 5 heteroatoms. The molecule has 2 aromatic rings. The fourth-order valence-electron chi connectivity index (χ4n) is 1.88. The van der Waals surface area contributed by atoms with E-state index in [9.17, 15) is 4.79 Å². The average molecular weight is 317 g/mol. The molecule has 0 atom stereocenters. The Kier molecular flexibility index (Phi) is 6.27. The predicted molar refractivity (Wildman–Crippen MR) is 87.1 cm³/mol. The average Bonchev–Trinajstić information content (AvgIpc) is 2.54. The van der Waals surface area contributed by atoms with E-state index in [1.54, 1.807) is 25.8 Å². The maximum absolute atomic E-state index is 11.5. The van der Waals surface area contributed by atoms with E-state index in [1.807, 2.05) is 42.5 Å². The number of methoxy groups -OCH3 is 1. The van der Waals surface area contributed by atoms with E-state index in [1.165, 1.54) is 5.56 Å². The Balaban J connectivity index is 1.93. The van der Waals surface area contributed by atoms with E-state index in [-0.39, 0.29) is 12.4 Å². The van der Waals surface area contributed by atoms with Crippen LogP contribution in [0.3, 0.4) is 0 Å². The molecule has 0 saturated heterocycles. The lowest BCUT2D eigenvalue weighted by molar-refractivity contribution is -0.142. The normalized spacial score (nSPS) is 10.3. The van der Waals surface area contributed by atoms with Gasteiger partial charge in [0.25, 0.3) is 0 Å². The van der Waals surface area contributed by atoms with Gasteiger partial charge in [-0.3, -0.25) is 4.79 Å². The number of ether oxygens (including phenoxy) is 2. The summed E-state index contributed by atoms with van der Waals surface area (Å²) < 4.78 is 10.1. The second-order valence-electron chi connectivity index (χ2n) is 4.59. The molecule has 0 spiro atoms. The fourth-order valence-corrected chi connectivity index (χ4v) is 2.74. The summed E-state index contributed by atoms with van der Waals surface area (Å²) in [7, 11) is 1.66. The molecule has 0 fully saturated rings. The highest BCUT2D eigenvalue weighted by Gasteiger charge is 2.06. The maximum Gasteiger partial charge on any atom is 0.311 e. The van der Waals surface area contributed by atoms with Crippen LogP contribution in [-0.2, 0) is 21.7 Å². The number of rotatable bonds is 7. The third kappa shape index (κ3) is 5.07. The highest BCUT2D eigenvalue weighted by molar-refractivity contribution is 7.98. The zero-order chi connectivity index (χ0) is 15.8. The first kappa shape index (κ1) is 16.4. The highest BCUT2D eigenvalue weighted by Crippen LogP contribution is 2.22. The van der Waals surface area contributed by atoms with Crippen LogP contribution in [0.5, 0.6) is 5.75 Å². The van der Waals surface area contributed by atoms with Crippen molar-refractivity contribution in [3.8, 4) is 5.75 Å². The number of carbonyl (C=O) groups is 1. The zero-order valence-corrected chi connectivity index (χ0v) is 13.6. The Bertz CT molecular complexity index is 614. The third-order valence-corrected chi connectivity index (χ3v) is 3.96. The molecule has 1 aromatic heterocycles. The summed E-state index contributed by atoms with van der Waals surface area (Å²) in [5.74, 6) is 1.43. The Hall–Kier alpha value is -2.01. The molecule has 116 valence electrons. The number of pyridine rings is 1. The van der Waals surface area contributed by atoms with Gasteiger partial charge in [-0.15, -0.1) is 11.8 Å². The summed E-state index contributed by atoms with van der Waals surface area (Å²) in [6.07, 6.45) is 0.213. The van der Waals surface area contributed by atoms with Crippen molar-refractivity contribution in [2.45, 2.75) is 24.1 Å². The fraction of sp³-hybridized carbons (Fsp3) is 0.294. The van der Waals surface area contributed by atoms with Crippen molar-refractivity contribution >= 4 is 17.7 Å². The largest absolute Gasteiger partial charge is 0.497 e. The molecule has 0 saturated carbocycles. The summed E-state index contributed by atoms with van der Waals surface area (Å²) in [5.41, 5.74) is 1.93. The second kappa shape index (κ2) is 8.44. The van der Waals surface area contributed by atoms with Gasteiger partial charge in [0.2, 0.25) is 0 Å². The number of hydrogen-bond donors (Lipinski definition) is 0. The first-order valence-electron chi connectivity index (χ1n) is 7.08. The smallest absolute Gasteiger partial charge is 0.311 e. The van der Waals surface area contributed by atoms with Gasteiger partial charge in [-0.2, -0.15) is 0 Å². The summed E-state index contributed by atoms with van der Waals surface area (Å²) >= 11 is 1.64. The van der Waals surface area contributed by atoms with Crippen molar-refractivity contribution < 1.29 is 14.3 Å². The van der Waals surface area contributed by atoms with Crippen molar-refractivity contribution in [1.82, 2.24) is 4.98 Å². The van der Waals surface area contributed by atoms with Crippen molar-refractivity contribution in [2.24, 2.45) is 0 Å². The van der Waals surface area contributed by atoms with E-state index in [4.69, 9.17) is 9.47 Å². The number of thioether (sulfide) groups is 1. The molecule has 0 aliphatic heterocycles. The molecule has 0 aliphatic rings. The van der Waals surface area contributed by atoms with E-state index in [0.29, 0.717) is 6.61 Å². The number of aromatic nitrogens is 1. The van der Waals surface area contributed by atoms with Crippen LogP contribution in [0.4, 0.5) is 0 Å². The number of esters is 1. The van der Waals surface area contributed by atoms with E-state index in [2.05, 4.69) is 4.98 Å². The van der Waals surface area contributed by atoms with Crippen LogP contribution in [0.15, 0.2) is 47.5 Å². The molecule has 22 heavy (non-hydrogen) atoms. The molecule has 2 rings (SSSR count). The molecule has 4 nitrogen and oxygen atoms in total. The lowest BCUT2D eigenvalue weighted by Crippen LogP contribution is -2.08. The first-order valence-corrected chi connectivity index (χ1v) is 8.07.